The number of amides is 1. The van der Waals surface area contributed by atoms with E-state index in [1.54, 1.807) is 0 Å². The molecule has 2 aromatic carbocycles. The highest BCUT2D eigenvalue weighted by Crippen LogP contribution is 2.13. The molecule has 0 fully saturated rings. The first-order chi connectivity index (χ1) is 10.2. The van der Waals surface area contributed by atoms with Crippen LogP contribution in [-0.2, 0) is 24.4 Å². The van der Waals surface area contributed by atoms with Crippen LogP contribution in [0.4, 0.5) is 0 Å². The number of carbonyl (C=O) groups excluding carboxylic acids is 1. The Morgan fingerprint density at radius 3 is 2.52 bits per heavy atom. The fraction of sp³-hybridized carbons (Fsp3) is 0.235. The molecular formula is C17H18BrNO2. The minimum atomic E-state index is 0.0185. The maximum atomic E-state index is 11.9. The van der Waals surface area contributed by atoms with E-state index in [0.717, 1.165) is 27.6 Å². The molecule has 2 aromatic rings. The zero-order valence-corrected chi connectivity index (χ0v) is 13.3. The molecule has 0 aliphatic heterocycles. The Labute approximate surface area is 133 Å². The van der Waals surface area contributed by atoms with Crippen molar-refractivity contribution in [3.05, 3.63) is 69.7 Å². The maximum absolute atomic E-state index is 11.9. The minimum Gasteiger partial charge on any atom is -0.392 e. The number of halogens is 1. The van der Waals surface area contributed by atoms with Gasteiger partial charge in [0.15, 0.2) is 0 Å². The second-order valence-electron chi connectivity index (χ2n) is 4.88. The molecule has 0 unspecified atom stereocenters. The third-order valence-electron chi connectivity index (χ3n) is 3.19. The van der Waals surface area contributed by atoms with Crippen LogP contribution in [0, 0.1) is 0 Å². The van der Waals surface area contributed by atoms with E-state index in [0.29, 0.717) is 13.0 Å². The van der Waals surface area contributed by atoms with Crippen molar-refractivity contribution >= 4 is 21.8 Å². The van der Waals surface area contributed by atoms with Crippen molar-refractivity contribution in [2.75, 3.05) is 0 Å². The van der Waals surface area contributed by atoms with Gasteiger partial charge in [0.25, 0.3) is 0 Å². The molecule has 1 amide bonds. The summed E-state index contributed by atoms with van der Waals surface area (Å²) in [6.07, 6.45) is 1.19. The topological polar surface area (TPSA) is 49.3 Å². The van der Waals surface area contributed by atoms with Crippen molar-refractivity contribution in [2.24, 2.45) is 0 Å². The van der Waals surface area contributed by atoms with Gasteiger partial charge in [0, 0.05) is 17.4 Å². The molecule has 2 rings (SSSR count). The van der Waals surface area contributed by atoms with Crippen LogP contribution in [0.15, 0.2) is 53.0 Å². The lowest BCUT2D eigenvalue weighted by Gasteiger charge is -2.07. The smallest absolute Gasteiger partial charge is 0.220 e. The summed E-state index contributed by atoms with van der Waals surface area (Å²) in [5, 5.41) is 12.0. The monoisotopic (exact) mass is 347 g/mol. The molecule has 0 radical (unpaired) electrons. The van der Waals surface area contributed by atoms with Crippen LogP contribution in [-0.4, -0.2) is 11.0 Å². The van der Waals surface area contributed by atoms with Gasteiger partial charge in [0.2, 0.25) is 5.91 Å². The lowest BCUT2D eigenvalue weighted by Crippen LogP contribution is -2.23. The van der Waals surface area contributed by atoms with Gasteiger partial charge >= 0.3 is 0 Å². The van der Waals surface area contributed by atoms with Crippen LogP contribution in [0.25, 0.3) is 0 Å². The van der Waals surface area contributed by atoms with Gasteiger partial charge in [-0.25, -0.2) is 0 Å². The average molecular weight is 348 g/mol. The molecule has 0 atom stereocenters. The highest BCUT2D eigenvalue weighted by molar-refractivity contribution is 9.10. The standard InChI is InChI=1S/C17H18BrNO2/c18-16-6-2-3-13(10-16)7-8-17(21)19-11-14-4-1-5-15(9-14)12-20/h1-6,9-10,20H,7-8,11-12H2,(H,19,21). The number of hydrogen-bond donors (Lipinski definition) is 2. The van der Waals surface area contributed by atoms with Gasteiger partial charge in [-0.1, -0.05) is 52.3 Å². The molecule has 0 aliphatic rings. The van der Waals surface area contributed by atoms with Crippen LogP contribution < -0.4 is 5.32 Å². The van der Waals surface area contributed by atoms with Crippen LogP contribution in [0.3, 0.4) is 0 Å². The van der Waals surface area contributed by atoms with Crippen LogP contribution in [0.2, 0.25) is 0 Å². The molecule has 0 spiro atoms. The summed E-state index contributed by atoms with van der Waals surface area (Å²) in [6, 6.07) is 15.6. The number of hydrogen-bond acceptors (Lipinski definition) is 2. The van der Waals surface area contributed by atoms with Crippen molar-refractivity contribution in [1.29, 1.82) is 0 Å². The maximum Gasteiger partial charge on any atom is 0.220 e. The lowest BCUT2D eigenvalue weighted by molar-refractivity contribution is -0.121. The largest absolute Gasteiger partial charge is 0.392 e. The van der Waals surface area contributed by atoms with Crippen molar-refractivity contribution in [2.45, 2.75) is 26.0 Å². The first kappa shape index (κ1) is 15.7. The molecular weight excluding hydrogens is 330 g/mol. The second kappa shape index (κ2) is 7.96. The third kappa shape index (κ3) is 5.33. The van der Waals surface area contributed by atoms with E-state index in [2.05, 4.69) is 21.2 Å². The average Bonchev–Trinajstić information content (AvgIpc) is 2.51. The highest BCUT2D eigenvalue weighted by atomic mass is 79.9. The van der Waals surface area contributed by atoms with E-state index in [-0.39, 0.29) is 12.5 Å². The molecule has 4 heteroatoms. The summed E-state index contributed by atoms with van der Waals surface area (Å²) in [4.78, 5) is 11.9. The first-order valence-electron chi connectivity index (χ1n) is 6.87. The number of benzene rings is 2. The Hall–Kier alpha value is -1.65. The van der Waals surface area contributed by atoms with Crippen LogP contribution >= 0.6 is 15.9 Å². The number of aliphatic hydroxyl groups excluding tert-OH is 1. The molecule has 0 aliphatic carbocycles. The number of carbonyl (C=O) groups is 1. The summed E-state index contributed by atoms with van der Waals surface area (Å²) >= 11 is 3.42. The van der Waals surface area contributed by atoms with Crippen molar-refractivity contribution in [1.82, 2.24) is 5.32 Å². The Balaban J connectivity index is 1.79. The van der Waals surface area contributed by atoms with E-state index in [1.807, 2.05) is 48.5 Å². The van der Waals surface area contributed by atoms with E-state index >= 15 is 0 Å². The van der Waals surface area contributed by atoms with Gasteiger partial charge < -0.3 is 10.4 Å². The van der Waals surface area contributed by atoms with Gasteiger partial charge in [-0.15, -0.1) is 0 Å². The van der Waals surface area contributed by atoms with E-state index in [9.17, 15) is 4.79 Å². The predicted octanol–water partition coefficient (Wildman–Crippen LogP) is 3.19. The van der Waals surface area contributed by atoms with Gasteiger partial charge in [-0.05, 0) is 35.2 Å². The summed E-state index contributed by atoms with van der Waals surface area (Å²) in [6.45, 7) is 0.510. The Morgan fingerprint density at radius 1 is 1.05 bits per heavy atom. The fourth-order valence-corrected chi connectivity index (χ4v) is 2.52. The van der Waals surface area contributed by atoms with Crippen LogP contribution in [0.5, 0.6) is 0 Å². The summed E-state index contributed by atoms with van der Waals surface area (Å²) in [5.74, 6) is 0.0318. The molecule has 110 valence electrons. The molecule has 0 bridgehead atoms. The number of aliphatic hydroxyl groups is 1. The Bertz CT molecular complexity index is 613. The van der Waals surface area contributed by atoms with Gasteiger partial charge in [-0.3, -0.25) is 4.79 Å². The van der Waals surface area contributed by atoms with Crippen LogP contribution in [0.1, 0.15) is 23.1 Å². The molecule has 0 heterocycles. The van der Waals surface area contributed by atoms with E-state index in [1.165, 1.54) is 0 Å². The van der Waals surface area contributed by atoms with E-state index < -0.39 is 0 Å². The highest BCUT2D eigenvalue weighted by Gasteiger charge is 2.03. The summed E-state index contributed by atoms with van der Waals surface area (Å²) in [5.41, 5.74) is 3.00. The van der Waals surface area contributed by atoms with Gasteiger partial charge in [0.05, 0.1) is 6.61 Å². The Kier molecular flexibility index (Phi) is 5.96. The summed E-state index contributed by atoms with van der Waals surface area (Å²) in [7, 11) is 0. The van der Waals surface area contributed by atoms with Gasteiger partial charge in [-0.2, -0.15) is 0 Å². The van der Waals surface area contributed by atoms with E-state index in [4.69, 9.17) is 5.11 Å². The Morgan fingerprint density at radius 2 is 1.76 bits per heavy atom. The zero-order valence-electron chi connectivity index (χ0n) is 11.7. The normalized spacial score (nSPS) is 10.4. The fourth-order valence-electron chi connectivity index (χ4n) is 2.08. The zero-order chi connectivity index (χ0) is 15.1. The lowest BCUT2D eigenvalue weighted by atomic mass is 10.1. The molecule has 3 nitrogen and oxygen atoms in total. The molecule has 2 N–H and O–H groups in total. The number of aryl methyl sites for hydroxylation is 1. The van der Waals surface area contributed by atoms with Crippen molar-refractivity contribution in [3.8, 4) is 0 Å². The quantitative estimate of drug-likeness (QED) is 0.842. The molecule has 21 heavy (non-hydrogen) atoms. The van der Waals surface area contributed by atoms with Crippen molar-refractivity contribution < 1.29 is 9.90 Å². The third-order valence-corrected chi connectivity index (χ3v) is 3.69. The summed E-state index contributed by atoms with van der Waals surface area (Å²) < 4.78 is 1.03. The van der Waals surface area contributed by atoms with Crippen molar-refractivity contribution in [3.63, 3.8) is 0 Å². The molecule has 0 aromatic heterocycles. The number of rotatable bonds is 6. The first-order valence-corrected chi connectivity index (χ1v) is 7.66. The van der Waals surface area contributed by atoms with Gasteiger partial charge in [0.1, 0.15) is 0 Å². The SMILES string of the molecule is O=C(CCc1cccc(Br)c1)NCc1cccc(CO)c1. The minimum absolute atomic E-state index is 0.0185. The molecule has 0 saturated heterocycles. The number of nitrogens with one attached hydrogen (secondary N) is 1. The second-order valence-corrected chi connectivity index (χ2v) is 5.80. The molecule has 0 saturated carbocycles. The predicted molar refractivity (Wildman–Crippen MR) is 86.7 cm³/mol.